The summed E-state index contributed by atoms with van der Waals surface area (Å²) >= 11 is 0. The van der Waals surface area contributed by atoms with Gasteiger partial charge < -0.3 is 5.32 Å². The van der Waals surface area contributed by atoms with Crippen molar-refractivity contribution >= 4 is 18.2 Å². The third kappa shape index (κ3) is 1.81. The zero-order valence-electron chi connectivity index (χ0n) is 7.07. The van der Waals surface area contributed by atoms with Gasteiger partial charge in [0, 0.05) is 6.21 Å². The first-order valence-electron chi connectivity index (χ1n) is 3.76. The summed E-state index contributed by atoms with van der Waals surface area (Å²) in [5.74, 6) is -0.0805. The predicted octanol–water partition coefficient (Wildman–Crippen LogP) is 0.180. The Morgan fingerprint density at radius 1 is 1.58 bits per heavy atom. The summed E-state index contributed by atoms with van der Waals surface area (Å²) in [5.41, 5.74) is 0. The molecule has 1 fully saturated rings. The minimum Gasteiger partial charge on any atom is -0.327 e. The number of urea groups is 1. The van der Waals surface area contributed by atoms with Crippen molar-refractivity contribution in [3.8, 4) is 0 Å². The molecule has 0 bridgehead atoms. The second-order valence-corrected chi connectivity index (χ2v) is 2.87. The molecular weight excluding hydrogens is 158 g/mol. The summed E-state index contributed by atoms with van der Waals surface area (Å²) in [6, 6.07) is -0.447. The molecule has 0 radical (unpaired) electrons. The van der Waals surface area contributed by atoms with Gasteiger partial charge in [0.1, 0.15) is 6.54 Å². The van der Waals surface area contributed by atoms with Gasteiger partial charge in [0.05, 0.1) is 0 Å². The van der Waals surface area contributed by atoms with E-state index in [4.69, 9.17) is 0 Å². The van der Waals surface area contributed by atoms with E-state index in [2.05, 4.69) is 10.4 Å². The molecule has 0 atom stereocenters. The lowest BCUT2D eigenvalue weighted by atomic mass is 10.3. The Morgan fingerprint density at radius 2 is 2.25 bits per heavy atom. The summed E-state index contributed by atoms with van der Waals surface area (Å²) in [6.45, 7) is 3.89. The lowest BCUT2D eigenvalue weighted by Gasteiger charge is -2.03. The molecule has 66 valence electrons. The Bertz CT molecular complexity index is 219. The van der Waals surface area contributed by atoms with E-state index in [0.717, 1.165) is 5.01 Å². The third-order valence-electron chi connectivity index (χ3n) is 1.30. The summed E-state index contributed by atoms with van der Waals surface area (Å²) in [5, 5.41) is 6.95. The van der Waals surface area contributed by atoms with Crippen LogP contribution in [0.5, 0.6) is 0 Å². The average molecular weight is 169 g/mol. The zero-order valence-corrected chi connectivity index (χ0v) is 7.07. The molecule has 0 aromatic heterocycles. The van der Waals surface area contributed by atoms with E-state index in [-0.39, 0.29) is 18.4 Å². The molecule has 0 saturated carbocycles. The van der Waals surface area contributed by atoms with Crippen molar-refractivity contribution < 1.29 is 9.59 Å². The molecule has 1 aliphatic rings. The molecule has 0 aromatic carbocycles. The van der Waals surface area contributed by atoms with E-state index in [0.29, 0.717) is 0 Å². The van der Waals surface area contributed by atoms with Gasteiger partial charge in [-0.1, -0.05) is 13.8 Å². The highest BCUT2D eigenvalue weighted by atomic mass is 16.2. The molecule has 0 aliphatic carbocycles. The maximum atomic E-state index is 10.9. The Balaban J connectivity index is 2.62. The normalized spacial score (nSPS) is 18.1. The topological polar surface area (TPSA) is 61.8 Å². The number of hydrazone groups is 1. The number of carbonyl (C=O) groups excluding carboxylic acids is 2. The molecule has 5 nitrogen and oxygen atoms in total. The van der Waals surface area contributed by atoms with Gasteiger partial charge in [0.2, 0.25) is 0 Å². The van der Waals surface area contributed by atoms with Crippen LogP contribution in [0.1, 0.15) is 13.8 Å². The number of imide groups is 1. The van der Waals surface area contributed by atoms with E-state index in [9.17, 15) is 9.59 Å². The van der Waals surface area contributed by atoms with Crippen LogP contribution >= 0.6 is 0 Å². The molecule has 1 saturated heterocycles. The quantitative estimate of drug-likeness (QED) is 0.473. The first-order chi connectivity index (χ1) is 5.61. The highest BCUT2D eigenvalue weighted by Crippen LogP contribution is 1.99. The molecule has 12 heavy (non-hydrogen) atoms. The van der Waals surface area contributed by atoms with Crippen LogP contribution in [0.15, 0.2) is 5.10 Å². The summed E-state index contributed by atoms with van der Waals surface area (Å²) in [4.78, 5) is 21.8. The Kier molecular flexibility index (Phi) is 2.42. The van der Waals surface area contributed by atoms with Gasteiger partial charge in [-0.3, -0.25) is 4.79 Å². The Hall–Kier alpha value is -1.39. The van der Waals surface area contributed by atoms with Crippen LogP contribution < -0.4 is 5.32 Å². The van der Waals surface area contributed by atoms with Crippen molar-refractivity contribution in [2.45, 2.75) is 13.8 Å². The molecule has 1 N–H and O–H groups in total. The van der Waals surface area contributed by atoms with Crippen molar-refractivity contribution in [3.05, 3.63) is 0 Å². The van der Waals surface area contributed by atoms with E-state index in [1.807, 2.05) is 13.8 Å². The average Bonchev–Trinajstić information content (AvgIpc) is 2.28. The largest absolute Gasteiger partial charge is 0.345 e. The van der Waals surface area contributed by atoms with Crippen LogP contribution in [0.4, 0.5) is 4.79 Å². The Labute approximate surface area is 70.4 Å². The zero-order chi connectivity index (χ0) is 9.14. The molecule has 1 aliphatic heterocycles. The predicted molar refractivity (Wildman–Crippen MR) is 43.6 cm³/mol. The molecule has 3 amide bonds. The van der Waals surface area contributed by atoms with Crippen LogP contribution in [0.2, 0.25) is 0 Å². The summed E-state index contributed by atoms with van der Waals surface area (Å²) < 4.78 is 0. The second-order valence-electron chi connectivity index (χ2n) is 2.87. The number of nitrogens with one attached hydrogen (secondary N) is 1. The molecule has 5 heteroatoms. The first kappa shape index (κ1) is 8.70. The fourth-order valence-electron chi connectivity index (χ4n) is 0.731. The van der Waals surface area contributed by atoms with Crippen molar-refractivity contribution in [2.24, 2.45) is 11.0 Å². The van der Waals surface area contributed by atoms with E-state index >= 15 is 0 Å². The molecule has 1 heterocycles. The van der Waals surface area contributed by atoms with Crippen LogP contribution in [-0.4, -0.2) is 29.7 Å². The molecule has 0 spiro atoms. The highest BCUT2D eigenvalue weighted by molar-refractivity contribution is 6.02. The fraction of sp³-hybridized carbons (Fsp3) is 0.571. The van der Waals surface area contributed by atoms with Gasteiger partial charge >= 0.3 is 6.03 Å². The lowest BCUT2D eigenvalue weighted by molar-refractivity contribution is -0.124. The van der Waals surface area contributed by atoms with Gasteiger partial charge in [-0.25, -0.2) is 4.79 Å². The van der Waals surface area contributed by atoms with Gasteiger partial charge in [-0.15, -0.1) is 5.01 Å². The minimum absolute atomic E-state index is 0.0499. The highest BCUT2D eigenvalue weighted by Gasteiger charge is 2.27. The number of carbonyl (C=O) groups is 2. The number of amides is 3. The van der Waals surface area contributed by atoms with Crippen LogP contribution in [0, 0.1) is 5.92 Å². The van der Waals surface area contributed by atoms with Gasteiger partial charge in [0.15, 0.2) is 0 Å². The van der Waals surface area contributed by atoms with Gasteiger partial charge in [-0.2, -0.15) is 5.10 Å². The summed E-state index contributed by atoms with van der Waals surface area (Å²) in [7, 11) is 0. The Morgan fingerprint density at radius 3 is 2.67 bits per heavy atom. The standard InChI is InChI=1S/C7H11N3O2/c1-5(2)3-9-10-6(11)4-8-7(10)12/h3,5H,4H2,1-2H3,(H,8,12)/b9-3+. The van der Waals surface area contributed by atoms with Crippen LogP contribution in [0.3, 0.4) is 0 Å². The number of hydrogen-bond donors (Lipinski definition) is 1. The minimum atomic E-state index is -0.447. The van der Waals surface area contributed by atoms with E-state index in [1.54, 1.807) is 6.21 Å². The first-order valence-corrected chi connectivity index (χ1v) is 3.76. The van der Waals surface area contributed by atoms with Gasteiger partial charge in [-0.05, 0) is 5.92 Å². The smallest absolute Gasteiger partial charge is 0.327 e. The number of nitrogens with zero attached hydrogens (tertiary/aromatic N) is 2. The summed E-state index contributed by atoms with van der Waals surface area (Å²) in [6.07, 6.45) is 1.56. The lowest BCUT2D eigenvalue weighted by Crippen LogP contribution is -2.25. The maximum Gasteiger partial charge on any atom is 0.345 e. The molecule has 0 aromatic rings. The fourth-order valence-corrected chi connectivity index (χ4v) is 0.731. The van der Waals surface area contributed by atoms with Crippen molar-refractivity contribution in [3.63, 3.8) is 0 Å². The van der Waals surface area contributed by atoms with Crippen molar-refractivity contribution in [1.29, 1.82) is 0 Å². The second kappa shape index (κ2) is 3.34. The monoisotopic (exact) mass is 169 g/mol. The van der Waals surface area contributed by atoms with E-state index < -0.39 is 6.03 Å². The number of hydrogen-bond acceptors (Lipinski definition) is 3. The number of rotatable bonds is 2. The van der Waals surface area contributed by atoms with Crippen molar-refractivity contribution in [1.82, 2.24) is 10.3 Å². The van der Waals surface area contributed by atoms with Crippen molar-refractivity contribution in [2.75, 3.05) is 6.54 Å². The van der Waals surface area contributed by atoms with E-state index in [1.165, 1.54) is 0 Å². The maximum absolute atomic E-state index is 10.9. The third-order valence-corrected chi connectivity index (χ3v) is 1.30. The molecule has 1 rings (SSSR count). The SMILES string of the molecule is CC(C)/C=N/N1C(=O)CNC1=O. The van der Waals surface area contributed by atoms with Crippen LogP contribution in [-0.2, 0) is 4.79 Å². The van der Waals surface area contributed by atoms with Gasteiger partial charge in [0.25, 0.3) is 5.91 Å². The van der Waals surface area contributed by atoms with Crippen LogP contribution in [0.25, 0.3) is 0 Å². The molecular formula is C7H11N3O2. The molecule has 0 unspecified atom stereocenters.